The molecule has 2 N–H and O–H groups in total. The number of benzene rings is 4. The molecule has 0 bridgehead atoms. The molecule has 0 atom stereocenters. The quantitative estimate of drug-likeness (QED) is 0.103. The topological polar surface area (TPSA) is 48.2 Å². The summed E-state index contributed by atoms with van der Waals surface area (Å²) in [5.41, 5.74) is 15.2. The van der Waals surface area contributed by atoms with Gasteiger partial charge in [0.25, 0.3) is 0 Å². The first-order chi connectivity index (χ1) is 23.1. The number of hydrogen-bond donors (Lipinski definition) is 1. The second-order valence-corrected chi connectivity index (χ2v) is 11.0. The predicted molar refractivity (Wildman–Crippen MR) is 205 cm³/mol. The van der Waals surface area contributed by atoms with E-state index in [9.17, 15) is 0 Å². The summed E-state index contributed by atoms with van der Waals surface area (Å²) < 4.78 is 4.55. The molecule has 6 aromatic rings. The van der Waals surface area contributed by atoms with Gasteiger partial charge < -0.3 is 14.9 Å². The third kappa shape index (κ3) is 6.68. The number of amidine groups is 1. The van der Waals surface area contributed by atoms with Crippen molar-refractivity contribution >= 4 is 45.5 Å². The van der Waals surface area contributed by atoms with E-state index in [-0.39, 0.29) is 0 Å². The number of aliphatic imine (C=N–C) groups is 1. The minimum absolute atomic E-state index is 0.488. The van der Waals surface area contributed by atoms with Crippen LogP contribution in [0.3, 0.4) is 0 Å². The second kappa shape index (κ2) is 15.1. The molecular weight excluding hydrogens is 573 g/mol. The number of para-hydroxylation sites is 2. The van der Waals surface area contributed by atoms with Crippen molar-refractivity contribution in [3.05, 3.63) is 161 Å². The molecule has 4 nitrogen and oxygen atoms in total. The number of rotatable bonds is 8. The third-order valence-electron chi connectivity index (χ3n) is 8.25. The molecule has 6 rings (SSSR count). The monoisotopic (exact) mass is 616 g/mol. The highest BCUT2D eigenvalue weighted by atomic mass is 15.0. The van der Waals surface area contributed by atoms with Crippen molar-refractivity contribution in [1.29, 1.82) is 0 Å². The van der Waals surface area contributed by atoms with E-state index in [1.807, 2.05) is 51.1 Å². The maximum Gasteiger partial charge on any atom is 0.131 e. The summed E-state index contributed by atoms with van der Waals surface area (Å²) in [6.45, 7) is 14.2. The first kappa shape index (κ1) is 32.8. The molecule has 236 valence electrons. The number of hydrogen-bond acceptors (Lipinski definition) is 1. The highest BCUT2D eigenvalue weighted by Gasteiger charge is 2.14. The van der Waals surface area contributed by atoms with Gasteiger partial charge in [-0.15, -0.1) is 0 Å². The fourth-order valence-electron chi connectivity index (χ4n) is 6.07. The van der Waals surface area contributed by atoms with E-state index < -0.39 is 0 Å². The van der Waals surface area contributed by atoms with Crippen LogP contribution in [-0.2, 0) is 6.42 Å². The summed E-state index contributed by atoms with van der Waals surface area (Å²) in [6, 6.07) is 33.8. The minimum Gasteiger partial charge on any atom is -0.383 e. The highest BCUT2D eigenvalue weighted by Crippen LogP contribution is 2.27. The average molecular weight is 617 g/mol. The van der Waals surface area contributed by atoms with E-state index in [1.165, 1.54) is 21.6 Å². The smallest absolute Gasteiger partial charge is 0.131 e. The third-order valence-corrected chi connectivity index (χ3v) is 8.25. The Labute approximate surface area is 278 Å². The lowest BCUT2D eigenvalue weighted by molar-refractivity contribution is 1.07. The molecule has 4 heteroatoms. The van der Waals surface area contributed by atoms with Crippen molar-refractivity contribution in [2.75, 3.05) is 0 Å². The summed E-state index contributed by atoms with van der Waals surface area (Å²) in [5, 5.41) is 4.66. The fraction of sp³-hybridized carbons (Fsp3) is 0.140. The van der Waals surface area contributed by atoms with Crippen molar-refractivity contribution in [3.63, 3.8) is 0 Å². The van der Waals surface area contributed by atoms with Crippen molar-refractivity contribution < 1.29 is 0 Å². The van der Waals surface area contributed by atoms with Crippen LogP contribution in [0.5, 0.6) is 0 Å². The van der Waals surface area contributed by atoms with Crippen LogP contribution in [0.1, 0.15) is 45.7 Å². The van der Waals surface area contributed by atoms with Crippen LogP contribution in [0.4, 0.5) is 5.69 Å². The molecule has 47 heavy (non-hydrogen) atoms. The number of aromatic nitrogens is 2. The van der Waals surface area contributed by atoms with E-state index in [0.29, 0.717) is 5.84 Å². The van der Waals surface area contributed by atoms with Crippen LogP contribution < -0.4 is 16.3 Å². The first-order valence-electron chi connectivity index (χ1n) is 16.4. The summed E-state index contributed by atoms with van der Waals surface area (Å²) >= 11 is 0. The lowest BCUT2D eigenvalue weighted by atomic mass is 10.0. The zero-order valence-corrected chi connectivity index (χ0v) is 28.1. The van der Waals surface area contributed by atoms with Gasteiger partial charge >= 0.3 is 0 Å². The standard InChI is InChI=1S/C41H38N4.C2H6/c1-5-14-29(7-3)26-31-16-12-13-19-37(31)43-41(42)30-20-22-34(23-21-30)45-38(15-6-2)35(8-4)36-27-32-24-25-44(39(32)28-40(36)45)33-17-10-9-11-18-33;1-2/h5-25,27-28H,2,26H2,1,3-4H3,(H2,42,43);1-2H3/b14-5-,29-7+,35-8-,38-15+;. The zero-order valence-electron chi connectivity index (χ0n) is 28.1. The van der Waals surface area contributed by atoms with E-state index in [1.54, 1.807) is 0 Å². The number of fused-ring (bicyclic) bond motifs is 2. The number of nitrogens with zero attached hydrogens (tertiary/aromatic N) is 3. The van der Waals surface area contributed by atoms with Gasteiger partial charge in [-0.25, -0.2) is 4.99 Å². The van der Waals surface area contributed by atoms with Crippen LogP contribution in [0, 0.1) is 0 Å². The number of nitrogens with two attached hydrogens (primary N) is 1. The predicted octanol–water partition coefficient (Wildman–Crippen LogP) is 9.47. The van der Waals surface area contributed by atoms with Crippen LogP contribution >= 0.6 is 0 Å². The van der Waals surface area contributed by atoms with Gasteiger partial charge in [-0.1, -0.05) is 87.2 Å². The Bertz CT molecular complexity index is 2220. The molecule has 0 saturated carbocycles. The lowest BCUT2D eigenvalue weighted by Gasteiger charge is -2.11. The van der Waals surface area contributed by atoms with Gasteiger partial charge in [0.2, 0.25) is 0 Å². The largest absolute Gasteiger partial charge is 0.383 e. The van der Waals surface area contributed by atoms with Crippen molar-refractivity contribution in [1.82, 2.24) is 9.13 Å². The normalized spacial score (nSPS) is 13.0. The van der Waals surface area contributed by atoms with Gasteiger partial charge in [-0.3, -0.25) is 0 Å². The molecule has 0 amide bonds. The van der Waals surface area contributed by atoms with Gasteiger partial charge in [0.15, 0.2) is 0 Å². The maximum absolute atomic E-state index is 6.61. The molecule has 0 spiro atoms. The molecule has 4 aromatic carbocycles. The van der Waals surface area contributed by atoms with Crippen LogP contribution in [0.2, 0.25) is 0 Å². The summed E-state index contributed by atoms with van der Waals surface area (Å²) in [4.78, 5) is 4.87. The number of allylic oxidation sites excluding steroid dienone is 5. The average Bonchev–Trinajstić information content (AvgIpc) is 3.67. The van der Waals surface area contributed by atoms with Gasteiger partial charge in [0.05, 0.1) is 22.1 Å². The van der Waals surface area contributed by atoms with E-state index >= 15 is 0 Å². The molecule has 0 fully saturated rings. The Morgan fingerprint density at radius 2 is 1.55 bits per heavy atom. The Morgan fingerprint density at radius 3 is 2.23 bits per heavy atom. The molecule has 0 aliphatic heterocycles. The van der Waals surface area contributed by atoms with Crippen LogP contribution in [0.15, 0.2) is 145 Å². The molecule has 0 unspecified atom stereocenters. The zero-order chi connectivity index (χ0) is 33.3. The van der Waals surface area contributed by atoms with Crippen LogP contribution in [0.25, 0.3) is 45.3 Å². The Morgan fingerprint density at radius 1 is 0.830 bits per heavy atom. The van der Waals surface area contributed by atoms with Crippen molar-refractivity contribution in [2.45, 2.75) is 41.0 Å². The molecule has 2 aromatic heterocycles. The van der Waals surface area contributed by atoms with Crippen LogP contribution in [-0.4, -0.2) is 15.0 Å². The summed E-state index contributed by atoms with van der Waals surface area (Å²) in [5.74, 6) is 0.488. The second-order valence-electron chi connectivity index (χ2n) is 11.0. The molecule has 0 aliphatic rings. The van der Waals surface area contributed by atoms with E-state index in [2.05, 4.69) is 139 Å². The lowest BCUT2D eigenvalue weighted by Crippen LogP contribution is -2.28. The van der Waals surface area contributed by atoms with Gasteiger partial charge in [-0.2, -0.15) is 0 Å². The van der Waals surface area contributed by atoms with E-state index in [4.69, 9.17) is 10.7 Å². The van der Waals surface area contributed by atoms with Crippen molar-refractivity contribution in [3.8, 4) is 11.4 Å². The molecular formula is C43H44N4. The maximum atomic E-state index is 6.61. The minimum atomic E-state index is 0.488. The fourth-order valence-corrected chi connectivity index (χ4v) is 6.07. The molecule has 0 radical (unpaired) electrons. The van der Waals surface area contributed by atoms with Crippen molar-refractivity contribution in [2.24, 2.45) is 10.7 Å². The molecule has 0 saturated heterocycles. The van der Waals surface area contributed by atoms with Gasteiger partial charge in [0, 0.05) is 39.1 Å². The summed E-state index contributed by atoms with van der Waals surface area (Å²) in [7, 11) is 0. The first-order valence-corrected chi connectivity index (χ1v) is 16.4. The Balaban J connectivity index is 0.00000213. The van der Waals surface area contributed by atoms with Gasteiger partial charge in [-0.05, 0) is 105 Å². The molecule has 0 aliphatic carbocycles. The summed E-state index contributed by atoms with van der Waals surface area (Å²) in [6.07, 6.45) is 15.4. The van der Waals surface area contributed by atoms with Gasteiger partial charge in [0.1, 0.15) is 5.84 Å². The van der Waals surface area contributed by atoms with E-state index in [0.717, 1.165) is 51.0 Å². The Hall–Kier alpha value is -5.61. The SMILES string of the molecule is C=C/C=c1\c(=C/C)c2cc3ccn(-c4ccccc4)c3cc2n1-c1ccc(C(N)=Nc2ccccc2CC(/C=C\C)=C/C)cc1.CC. The molecule has 2 heterocycles. The highest BCUT2D eigenvalue weighted by molar-refractivity contribution is 6.00. The Kier molecular flexibility index (Phi) is 10.5.